The summed E-state index contributed by atoms with van der Waals surface area (Å²) in [5, 5.41) is 2.90. The number of fused-ring (bicyclic) bond motifs is 3. The van der Waals surface area contributed by atoms with Crippen molar-refractivity contribution < 1.29 is 19.1 Å². The molecule has 27 heavy (non-hydrogen) atoms. The van der Waals surface area contributed by atoms with Crippen LogP contribution in [0.15, 0.2) is 48.5 Å². The predicted molar refractivity (Wildman–Crippen MR) is 102 cm³/mol. The summed E-state index contributed by atoms with van der Waals surface area (Å²) in [5.41, 5.74) is 4.78. The van der Waals surface area contributed by atoms with Crippen molar-refractivity contribution in [2.45, 2.75) is 31.4 Å². The van der Waals surface area contributed by atoms with E-state index in [1.54, 1.807) is 0 Å². The zero-order valence-corrected chi connectivity index (χ0v) is 15.3. The highest BCUT2D eigenvalue weighted by atomic mass is 16.5. The lowest BCUT2D eigenvalue weighted by Gasteiger charge is -2.33. The molecule has 1 saturated heterocycles. The molecule has 1 amide bonds. The predicted octanol–water partition coefficient (Wildman–Crippen LogP) is 3.52. The van der Waals surface area contributed by atoms with E-state index in [0.29, 0.717) is 13.0 Å². The van der Waals surface area contributed by atoms with Crippen LogP contribution in [0.2, 0.25) is 0 Å². The number of hydrogen-bond acceptors (Lipinski definition) is 4. The Morgan fingerprint density at radius 1 is 1.15 bits per heavy atom. The number of carbonyl (C=O) groups is 2. The third-order valence-electron chi connectivity index (χ3n) is 5.67. The van der Waals surface area contributed by atoms with Crippen LogP contribution in [-0.2, 0) is 14.3 Å². The van der Waals surface area contributed by atoms with Gasteiger partial charge in [-0.3, -0.25) is 0 Å². The summed E-state index contributed by atoms with van der Waals surface area (Å²) in [6, 6.07) is 16.4. The number of alkyl carbamates (subject to hydrolysis) is 1. The third kappa shape index (κ3) is 3.35. The first-order valence-corrected chi connectivity index (χ1v) is 9.37. The summed E-state index contributed by atoms with van der Waals surface area (Å²) >= 11 is 0. The second-order valence-corrected chi connectivity index (χ2v) is 7.20. The first kappa shape index (κ1) is 17.7. The van der Waals surface area contributed by atoms with Gasteiger partial charge in [0, 0.05) is 24.5 Å². The van der Waals surface area contributed by atoms with Gasteiger partial charge in [0.2, 0.25) is 0 Å². The maximum absolute atomic E-state index is 12.4. The van der Waals surface area contributed by atoms with E-state index >= 15 is 0 Å². The number of rotatable bonds is 4. The lowest BCUT2D eigenvalue weighted by molar-refractivity contribution is -0.126. The molecule has 3 atom stereocenters. The second kappa shape index (κ2) is 7.53. The summed E-state index contributed by atoms with van der Waals surface area (Å²) in [4.78, 5) is 23.4. The molecule has 2 aromatic rings. The fraction of sp³-hybridized carbons (Fsp3) is 0.364. The van der Waals surface area contributed by atoms with Crippen LogP contribution in [0.25, 0.3) is 11.1 Å². The van der Waals surface area contributed by atoms with E-state index in [4.69, 9.17) is 9.47 Å². The quantitative estimate of drug-likeness (QED) is 0.842. The zero-order valence-electron chi connectivity index (χ0n) is 15.3. The summed E-state index contributed by atoms with van der Waals surface area (Å²) in [6.07, 6.45) is 0.559. The summed E-state index contributed by atoms with van der Waals surface area (Å²) in [6.45, 7) is 2.66. The van der Waals surface area contributed by atoms with E-state index in [-0.39, 0.29) is 24.5 Å². The number of carbonyl (C=O) groups excluding carboxylic acids is 2. The maximum atomic E-state index is 12.4. The summed E-state index contributed by atoms with van der Waals surface area (Å²) < 4.78 is 11.0. The number of hydrogen-bond donors (Lipinski definition) is 1. The number of amides is 1. The van der Waals surface area contributed by atoms with E-state index in [2.05, 4.69) is 29.6 Å². The first-order chi connectivity index (χ1) is 13.2. The Balaban J connectivity index is 1.43. The highest BCUT2D eigenvalue weighted by molar-refractivity contribution is 5.79. The Morgan fingerprint density at radius 3 is 2.41 bits per heavy atom. The van der Waals surface area contributed by atoms with Gasteiger partial charge in [-0.15, -0.1) is 0 Å². The highest BCUT2D eigenvalue weighted by Gasteiger charge is 2.33. The van der Waals surface area contributed by atoms with Crippen LogP contribution in [-0.4, -0.2) is 37.7 Å². The van der Waals surface area contributed by atoms with Crippen LogP contribution in [0.1, 0.15) is 30.4 Å². The molecule has 1 aliphatic heterocycles. The van der Waals surface area contributed by atoms with Gasteiger partial charge in [0.25, 0.3) is 0 Å². The number of aldehydes is 1. The minimum absolute atomic E-state index is 0.0398. The normalized spacial score (nSPS) is 24.0. The van der Waals surface area contributed by atoms with Crippen molar-refractivity contribution in [3.8, 4) is 11.1 Å². The molecule has 1 fully saturated rings. The van der Waals surface area contributed by atoms with Crippen LogP contribution >= 0.6 is 0 Å². The molecule has 0 bridgehead atoms. The maximum Gasteiger partial charge on any atom is 0.407 e. The van der Waals surface area contributed by atoms with E-state index in [0.717, 1.165) is 6.29 Å². The summed E-state index contributed by atoms with van der Waals surface area (Å²) in [7, 11) is 0. The average molecular weight is 365 g/mol. The topological polar surface area (TPSA) is 64.6 Å². The molecule has 140 valence electrons. The van der Waals surface area contributed by atoms with Gasteiger partial charge in [0.15, 0.2) is 0 Å². The van der Waals surface area contributed by atoms with E-state index < -0.39 is 12.2 Å². The molecule has 0 spiro atoms. The van der Waals surface area contributed by atoms with Gasteiger partial charge in [0.05, 0.1) is 0 Å². The first-order valence-electron chi connectivity index (χ1n) is 9.37. The largest absolute Gasteiger partial charge is 0.449 e. The van der Waals surface area contributed by atoms with Gasteiger partial charge in [-0.2, -0.15) is 0 Å². The van der Waals surface area contributed by atoms with Crippen LogP contribution in [0, 0.1) is 5.92 Å². The number of ether oxygens (including phenoxy) is 2. The van der Waals surface area contributed by atoms with E-state index in [1.165, 1.54) is 22.3 Å². The minimum Gasteiger partial charge on any atom is -0.449 e. The lowest BCUT2D eigenvalue weighted by atomic mass is 9.92. The number of nitrogens with one attached hydrogen (secondary N) is 1. The molecule has 4 rings (SSSR count). The minimum atomic E-state index is -0.474. The van der Waals surface area contributed by atoms with Crippen molar-refractivity contribution in [2.24, 2.45) is 5.92 Å². The Kier molecular flexibility index (Phi) is 4.94. The van der Waals surface area contributed by atoms with Gasteiger partial charge < -0.3 is 19.6 Å². The Bertz CT molecular complexity index is 804. The molecule has 5 nitrogen and oxygen atoms in total. The summed E-state index contributed by atoms with van der Waals surface area (Å²) in [5.74, 6) is -0.0327. The molecule has 0 saturated carbocycles. The standard InChI is InChI=1S/C22H23NO4/c1-14-20(10-11-26-21(14)12-24)23-22(25)27-13-19-17-8-4-2-6-15(17)16-7-3-5-9-18(16)19/h2-9,12,14,19-21H,10-11,13H2,1H3,(H,23,25)/t14-,20+,21+/m1/s1. The monoisotopic (exact) mass is 365 g/mol. The molecule has 0 aromatic heterocycles. The van der Waals surface area contributed by atoms with Crippen LogP contribution in [0.5, 0.6) is 0 Å². The van der Waals surface area contributed by atoms with Crippen molar-refractivity contribution >= 4 is 12.4 Å². The smallest absolute Gasteiger partial charge is 0.407 e. The van der Waals surface area contributed by atoms with Crippen molar-refractivity contribution in [2.75, 3.05) is 13.2 Å². The van der Waals surface area contributed by atoms with Crippen molar-refractivity contribution in [3.05, 3.63) is 59.7 Å². The molecular formula is C22H23NO4. The van der Waals surface area contributed by atoms with Crippen LogP contribution < -0.4 is 5.32 Å². The molecule has 0 radical (unpaired) electrons. The molecule has 1 N–H and O–H groups in total. The van der Waals surface area contributed by atoms with E-state index in [9.17, 15) is 9.59 Å². The van der Waals surface area contributed by atoms with Crippen molar-refractivity contribution in [1.29, 1.82) is 0 Å². The second-order valence-electron chi connectivity index (χ2n) is 7.20. The Labute approximate surface area is 158 Å². The molecule has 2 aromatic carbocycles. The van der Waals surface area contributed by atoms with Gasteiger partial charge in [-0.1, -0.05) is 55.5 Å². The van der Waals surface area contributed by atoms with Gasteiger partial charge in [-0.05, 0) is 28.7 Å². The Hall–Kier alpha value is -2.66. The van der Waals surface area contributed by atoms with Gasteiger partial charge in [-0.25, -0.2) is 4.79 Å². The molecule has 1 heterocycles. The van der Waals surface area contributed by atoms with Crippen LogP contribution in [0.3, 0.4) is 0 Å². The SMILES string of the molecule is C[C@@H]1[C@@H](NC(=O)OCC2c3ccccc3-c3ccccc32)CCO[C@H]1C=O. The lowest BCUT2D eigenvalue weighted by Crippen LogP contribution is -2.49. The zero-order chi connectivity index (χ0) is 18.8. The van der Waals surface area contributed by atoms with Crippen molar-refractivity contribution in [1.82, 2.24) is 5.32 Å². The fourth-order valence-electron chi connectivity index (χ4n) is 4.13. The molecule has 0 unspecified atom stereocenters. The molecule has 5 heteroatoms. The molecular weight excluding hydrogens is 342 g/mol. The van der Waals surface area contributed by atoms with E-state index in [1.807, 2.05) is 31.2 Å². The van der Waals surface area contributed by atoms with Gasteiger partial charge >= 0.3 is 6.09 Å². The average Bonchev–Trinajstić information content (AvgIpc) is 3.02. The van der Waals surface area contributed by atoms with Crippen LogP contribution in [0.4, 0.5) is 4.79 Å². The number of benzene rings is 2. The van der Waals surface area contributed by atoms with Crippen molar-refractivity contribution in [3.63, 3.8) is 0 Å². The van der Waals surface area contributed by atoms with Gasteiger partial charge in [0.1, 0.15) is 19.0 Å². The highest BCUT2D eigenvalue weighted by Crippen LogP contribution is 2.44. The molecule has 2 aliphatic rings. The Morgan fingerprint density at radius 2 is 1.78 bits per heavy atom. The fourth-order valence-corrected chi connectivity index (χ4v) is 4.13. The third-order valence-corrected chi connectivity index (χ3v) is 5.67. The molecule has 1 aliphatic carbocycles.